The minimum absolute atomic E-state index is 0.0956. The molecule has 6 nitrogen and oxygen atoms in total. The Kier molecular flexibility index (Phi) is 4.26. The highest BCUT2D eigenvalue weighted by molar-refractivity contribution is 7.20. The van der Waals surface area contributed by atoms with Crippen LogP contribution in [0.25, 0.3) is 10.2 Å². The number of carbonyl (C=O) groups excluding carboxylic acids is 2. The SMILES string of the molecule is Cc1nn(Cc2ccccc2)c2sc(C(=O)N3CCNC(=O)C3(C)C)cc12. The Morgan fingerprint density at radius 3 is 2.78 bits per heavy atom. The zero-order valence-corrected chi connectivity index (χ0v) is 16.5. The molecule has 0 unspecified atom stereocenters. The zero-order chi connectivity index (χ0) is 19.2. The summed E-state index contributed by atoms with van der Waals surface area (Å²) >= 11 is 1.45. The Balaban J connectivity index is 1.68. The van der Waals surface area contributed by atoms with E-state index in [0.717, 1.165) is 21.5 Å². The minimum atomic E-state index is -0.851. The number of rotatable bonds is 3. The molecule has 2 amide bonds. The van der Waals surface area contributed by atoms with E-state index in [-0.39, 0.29) is 11.8 Å². The van der Waals surface area contributed by atoms with E-state index in [1.807, 2.05) is 35.9 Å². The van der Waals surface area contributed by atoms with Crippen LogP contribution in [0.1, 0.15) is 34.8 Å². The molecule has 3 aromatic rings. The van der Waals surface area contributed by atoms with Crippen LogP contribution in [0.2, 0.25) is 0 Å². The molecule has 0 radical (unpaired) electrons. The quantitative estimate of drug-likeness (QED) is 0.757. The average molecular weight is 382 g/mol. The zero-order valence-electron chi connectivity index (χ0n) is 15.7. The summed E-state index contributed by atoms with van der Waals surface area (Å²) in [6.45, 7) is 7.20. The summed E-state index contributed by atoms with van der Waals surface area (Å²) in [5.41, 5.74) is 1.22. The van der Waals surface area contributed by atoms with E-state index in [1.165, 1.54) is 11.3 Å². The smallest absolute Gasteiger partial charge is 0.264 e. The second-order valence-electron chi connectivity index (χ2n) is 7.33. The van der Waals surface area contributed by atoms with Crippen molar-refractivity contribution in [3.63, 3.8) is 0 Å². The molecule has 0 atom stereocenters. The normalized spacial score (nSPS) is 16.6. The van der Waals surface area contributed by atoms with Gasteiger partial charge in [-0.25, -0.2) is 0 Å². The fourth-order valence-corrected chi connectivity index (χ4v) is 4.58. The lowest BCUT2D eigenvalue weighted by molar-refractivity contribution is -0.133. The van der Waals surface area contributed by atoms with Crippen molar-refractivity contribution in [1.29, 1.82) is 0 Å². The number of hydrogen-bond acceptors (Lipinski definition) is 4. The van der Waals surface area contributed by atoms with Crippen molar-refractivity contribution in [2.75, 3.05) is 13.1 Å². The van der Waals surface area contributed by atoms with E-state index >= 15 is 0 Å². The molecule has 1 N–H and O–H groups in total. The number of aromatic nitrogens is 2. The highest BCUT2D eigenvalue weighted by Crippen LogP contribution is 2.31. The number of benzene rings is 1. The van der Waals surface area contributed by atoms with Gasteiger partial charge in [0.25, 0.3) is 5.91 Å². The van der Waals surface area contributed by atoms with Gasteiger partial charge in [-0.05, 0) is 32.4 Å². The summed E-state index contributed by atoms with van der Waals surface area (Å²) < 4.78 is 1.95. The lowest BCUT2D eigenvalue weighted by atomic mass is 9.98. The Morgan fingerprint density at radius 2 is 2.04 bits per heavy atom. The van der Waals surface area contributed by atoms with Crippen molar-refractivity contribution in [3.05, 3.63) is 52.5 Å². The third kappa shape index (κ3) is 3.02. The topological polar surface area (TPSA) is 67.2 Å². The Morgan fingerprint density at radius 1 is 1.30 bits per heavy atom. The Hall–Kier alpha value is -2.67. The first-order valence-corrected chi connectivity index (χ1v) is 9.81. The molecule has 0 saturated carbocycles. The van der Waals surface area contributed by atoms with Crippen LogP contribution in [0.3, 0.4) is 0 Å². The van der Waals surface area contributed by atoms with Gasteiger partial charge in [-0.3, -0.25) is 14.3 Å². The van der Waals surface area contributed by atoms with Crippen molar-refractivity contribution in [2.24, 2.45) is 0 Å². The molecule has 1 fully saturated rings. The van der Waals surface area contributed by atoms with E-state index in [4.69, 9.17) is 0 Å². The molecular weight excluding hydrogens is 360 g/mol. The van der Waals surface area contributed by atoms with Gasteiger partial charge >= 0.3 is 0 Å². The minimum Gasteiger partial charge on any atom is -0.352 e. The highest BCUT2D eigenvalue weighted by Gasteiger charge is 2.41. The fourth-order valence-electron chi connectivity index (χ4n) is 3.47. The van der Waals surface area contributed by atoms with Gasteiger partial charge < -0.3 is 10.2 Å². The first kappa shape index (κ1) is 17.7. The predicted octanol–water partition coefficient (Wildman–Crippen LogP) is 2.81. The first-order chi connectivity index (χ1) is 12.9. The standard InChI is InChI=1S/C20H22N4O2S/c1-13-15-11-16(17(25)23-10-9-21-19(26)20(23,2)3)27-18(15)24(22-13)12-14-7-5-4-6-8-14/h4-8,11H,9-10,12H2,1-3H3,(H,21,26). The van der Waals surface area contributed by atoms with Crippen molar-refractivity contribution in [3.8, 4) is 0 Å². The molecule has 0 bridgehead atoms. The van der Waals surface area contributed by atoms with Crippen molar-refractivity contribution >= 4 is 33.4 Å². The molecule has 0 aliphatic carbocycles. The van der Waals surface area contributed by atoms with E-state index in [0.29, 0.717) is 24.5 Å². The molecule has 1 aliphatic heterocycles. The van der Waals surface area contributed by atoms with Crippen LogP contribution in [0, 0.1) is 6.92 Å². The predicted molar refractivity (Wildman–Crippen MR) is 106 cm³/mol. The van der Waals surface area contributed by atoms with Gasteiger partial charge in [-0.15, -0.1) is 11.3 Å². The van der Waals surface area contributed by atoms with E-state index in [9.17, 15) is 9.59 Å². The summed E-state index contributed by atoms with van der Waals surface area (Å²) in [7, 11) is 0. The average Bonchev–Trinajstić information content (AvgIpc) is 3.19. The van der Waals surface area contributed by atoms with Gasteiger partial charge in [-0.2, -0.15) is 5.10 Å². The van der Waals surface area contributed by atoms with Gasteiger partial charge in [0.2, 0.25) is 5.91 Å². The maximum absolute atomic E-state index is 13.1. The van der Waals surface area contributed by atoms with Crippen LogP contribution < -0.4 is 5.32 Å². The molecular formula is C20H22N4O2S. The lowest BCUT2D eigenvalue weighted by Gasteiger charge is -2.40. The number of aryl methyl sites for hydroxylation is 1. The molecule has 140 valence electrons. The molecule has 4 rings (SSSR count). The largest absolute Gasteiger partial charge is 0.352 e. The molecule has 1 saturated heterocycles. The molecule has 1 aromatic carbocycles. The van der Waals surface area contributed by atoms with Crippen molar-refractivity contribution < 1.29 is 9.59 Å². The van der Waals surface area contributed by atoms with Gasteiger partial charge in [-0.1, -0.05) is 30.3 Å². The fraction of sp³-hybridized carbons (Fsp3) is 0.350. The number of nitrogens with one attached hydrogen (secondary N) is 1. The van der Waals surface area contributed by atoms with Crippen LogP contribution in [0.15, 0.2) is 36.4 Å². The summed E-state index contributed by atoms with van der Waals surface area (Å²) in [6, 6.07) is 12.1. The maximum Gasteiger partial charge on any atom is 0.264 e. The van der Waals surface area contributed by atoms with Crippen LogP contribution in [-0.2, 0) is 11.3 Å². The summed E-state index contributed by atoms with van der Waals surface area (Å²) in [4.78, 5) is 28.6. The molecule has 0 spiro atoms. The maximum atomic E-state index is 13.1. The highest BCUT2D eigenvalue weighted by atomic mass is 32.1. The molecule has 3 heterocycles. The molecule has 27 heavy (non-hydrogen) atoms. The van der Waals surface area contributed by atoms with Gasteiger partial charge in [0.15, 0.2) is 0 Å². The van der Waals surface area contributed by atoms with E-state index in [2.05, 4.69) is 22.5 Å². The van der Waals surface area contributed by atoms with Crippen molar-refractivity contribution in [1.82, 2.24) is 20.0 Å². The van der Waals surface area contributed by atoms with Crippen molar-refractivity contribution in [2.45, 2.75) is 32.9 Å². The van der Waals surface area contributed by atoms with Crippen LogP contribution in [-0.4, -0.2) is 45.1 Å². The second kappa shape index (κ2) is 6.49. The third-order valence-corrected chi connectivity index (χ3v) is 6.23. The van der Waals surface area contributed by atoms with E-state index in [1.54, 1.807) is 18.7 Å². The number of fused-ring (bicyclic) bond motifs is 1. The van der Waals surface area contributed by atoms with Crippen LogP contribution in [0.4, 0.5) is 0 Å². The van der Waals surface area contributed by atoms with Gasteiger partial charge in [0.05, 0.1) is 17.1 Å². The number of piperazine rings is 1. The molecule has 1 aliphatic rings. The van der Waals surface area contributed by atoms with Gasteiger partial charge in [0.1, 0.15) is 10.4 Å². The number of carbonyl (C=O) groups is 2. The summed E-state index contributed by atoms with van der Waals surface area (Å²) in [5, 5.41) is 8.47. The summed E-state index contributed by atoms with van der Waals surface area (Å²) in [5.74, 6) is -0.212. The van der Waals surface area contributed by atoms with Crippen LogP contribution in [0.5, 0.6) is 0 Å². The Labute approximate surface area is 161 Å². The second-order valence-corrected chi connectivity index (χ2v) is 8.36. The monoisotopic (exact) mass is 382 g/mol. The lowest BCUT2D eigenvalue weighted by Crippen LogP contribution is -2.63. The summed E-state index contributed by atoms with van der Waals surface area (Å²) in [6.07, 6.45) is 0. The van der Waals surface area contributed by atoms with Crippen LogP contribution >= 0.6 is 11.3 Å². The number of amides is 2. The number of nitrogens with zero attached hydrogens (tertiary/aromatic N) is 3. The number of hydrogen-bond donors (Lipinski definition) is 1. The molecule has 2 aromatic heterocycles. The third-order valence-electron chi connectivity index (χ3n) is 5.09. The number of thiophene rings is 1. The first-order valence-electron chi connectivity index (χ1n) is 8.99. The van der Waals surface area contributed by atoms with E-state index < -0.39 is 5.54 Å². The van der Waals surface area contributed by atoms with Gasteiger partial charge in [0, 0.05) is 18.5 Å². The Bertz CT molecular complexity index is 1020. The molecule has 7 heteroatoms.